The van der Waals surface area contributed by atoms with Gasteiger partial charge in [0.25, 0.3) is 0 Å². The summed E-state index contributed by atoms with van der Waals surface area (Å²) in [6.45, 7) is 0. The maximum Gasteiger partial charge on any atom is 0.230 e. The summed E-state index contributed by atoms with van der Waals surface area (Å²) in [5.41, 5.74) is 7.05. The van der Waals surface area contributed by atoms with Crippen LogP contribution in [0.3, 0.4) is 0 Å². The molecule has 3 N–H and O–H groups in total. The fourth-order valence-corrected chi connectivity index (χ4v) is 5.47. The van der Waals surface area contributed by atoms with Crippen molar-refractivity contribution in [2.45, 2.75) is 38.5 Å². The van der Waals surface area contributed by atoms with Gasteiger partial charge in [-0.3, -0.25) is 4.79 Å². The Morgan fingerprint density at radius 1 is 1.18 bits per heavy atom. The van der Waals surface area contributed by atoms with Gasteiger partial charge >= 0.3 is 0 Å². The summed E-state index contributed by atoms with van der Waals surface area (Å²) in [6, 6.07) is 5.39. The lowest BCUT2D eigenvalue weighted by Gasteiger charge is -2.55. The van der Waals surface area contributed by atoms with Gasteiger partial charge in [0, 0.05) is 5.69 Å². The van der Waals surface area contributed by atoms with Gasteiger partial charge in [-0.2, -0.15) is 0 Å². The largest absolute Gasteiger partial charge is 0.495 e. The smallest absolute Gasteiger partial charge is 0.230 e. The van der Waals surface area contributed by atoms with E-state index in [4.69, 9.17) is 10.5 Å². The number of anilines is 2. The van der Waals surface area contributed by atoms with E-state index in [1.807, 2.05) is 6.07 Å². The lowest BCUT2D eigenvalue weighted by molar-refractivity contribution is -0.140. The summed E-state index contributed by atoms with van der Waals surface area (Å²) in [4.78, 5) is 13.0. The molecule has 4 nitrogen and oxygen atoms in total. The van der Waals surface area contributed by atoms with Crippen molar-refractivity contribution in [1.82, 2.24) is 0 Å². The van der Waals surface area contributed by atoms with Crippen molar-refractivity contribution in [1.29, 1.82) is 0 Å². The molecule has 4 fully saturated rings. The average Bonchev–Trinajstić information content (AvgIpc) is 2.46. The first-order valence-electron chi connectivity index (χ1n) is 8.33. The van der Waals surface area contributed by atoms with Gasteiger partial charge in [-0.1, -0.05) is 0 Å². The van der Waals surface area contributed by atoms with Crippen LogP contribution in [0.4, 0.5) is 11.4 Å². The first-order chi connectivity index (χ1) is 10.6. The highest BCUT2D eigenvalue weighted by Crippen LogP contribution is 2.60. The van der Waals surface area contributed by atoms with Gasteiger partial charge in [0.15, 0.2) is 0 Å². The maximum atomic E-state index is 13.0. The van der Waals surface area contributed by atoms with Gasteiger partial charge in [0.2, 0.25) is 5.91 Å². The molecule has 0 aliphatic heterocycles. The monoisotopic (exact) mass is 300 g/mol. The molecular weight excluding hydrogens is 276 g/mol. The molecule has 4 saturated carbocycles. The molecule has 0 spiro atoms. The molecule has 0 saturated heterocycles. The predicted octanol–water partition coefficient (Wildman–Crippen LogP) is 3.43. The van der Waals surface area contributed by atoms with Crippen LogP contribution in [0.2, 0.25) is 0 Å². The molecule has 0 atom stereocenters. The quantitative estimate of drug-likeness (QED) is 0.841. The van der Waals surface area contributed by atoms with Crippen LogP contribution in [-0.2, 0) is 4.79 Å². The molecule has 0 aromatic heterocycles. The zero-order valence-corrected chi connectivity index (χ0v) is 13.1. The number of benzene rings is 1. The Morgan fingerprint density at radius 3 is 2.32 bits per heavy atom. The van der Waals surface area contributed by atoms with Crippen LogP contribution in [0.15, 0.2) is 18.2 Å². The second-order valence-corrected chi connectivity index (χ2v) is 7.61. The van der Waals surface area contributed by atoms with Crippen molar-refractivity contribution >= 4 is 17.3 Å². The highest BCUT2D eigenvalue weighted by molar-refractivity contribution is 5.97. The molecule has 1 aromatic carbocycles. The molecule has 5 rings (SSSR count). The molecule has 4 heteroatoms. The average molecular weight is 300 g/mol. The van der Waals surface area contributed by atoms with E-state index in [0.717, 1.165) is 37.0 Å². The highest BCUT2D eigenvalue weighted by Gasteiger charge is 2.54. The van der Waals surface area contributed by atoms with E-state index in [0.29, 0.717) is 17.1 Å². The number of amides is 1. The maximum absolute atomic E-state index is 13.0. The zero-order chi connectivity index (χ0) is 15.3. The fraction of sp³-hybridized carbons (Fsp3) is 0.611. The Balaban J connectivity index is 1.59. The van der Waals surface area contributed by atoms with Gasteiger partial charge in [-0.25, -0.2) is 0 Å². The first-order valence-corrected chi connectivity index (χ1v) is 8.33. The van der Waals surface area contributed by atoms with Crippen LogP contribution in [0.5, 0.6) is 5.75 Å². The van der Waals surface area contributed by atoms with Gasteiger partial charge in [-0.15, -0.1) is 0 Å². The molecule has 0 unspecified atom stereocenters. The molecule has 118 valence electrons. The van der Waals surface area contributed by atoms with E-state index in [-0.39, 0.29) is 11.3 Å². The van der Waals surface area contributed by atoms with Crippen LogP contribution < -0.4 is 15.8 Å². The normalized spacial score (nSPS) is 35.4. The summed E-state index contributed by atoms with van der Waals surface area (Å²) in [5, 5.41) is 3.12. The Hall–Kier alpha value is -1.71. The molecule has 4 bridgehead atoms. The summed E-state index contributed by atoms with van der Waals surface area (Å²) < 4.78 is 5.35. The number of rotatable bonds is 3. The summed E-state index contributed by atoms with van der Waals surface area (Å²) in [7, 11) is 1.62. The topological polar surface area (TPSA) is 64.3 Å². The number of carbonyl (C=O) groups is 1. The number of hydrogen-bond donors (Lipinski definition) is 2. The van der Waals surface area contributed by atoms with E-state index in [1.54, 1.807) is 19.2 Å². The Kier molecular flexibility index (Phi) is 3.10. The van der Waals surface area contributed by atoms with Crippen LogP contribution in [0.1, 0.15) is 38.5 Å². The third kappa shape index (κ3) is 2.16. The summed E-state index contributed by atoms with van der Waals surface area (Å²) in [5.74, 6) is 3.14. The number of methoxy groups -OCH3 is 1. The zero-order valence-electron chi connectivity index (χ0n) is 13.1. The molecule has 0 radical (unpaired) electrons. The fourth-order valence-electron chi connectivity index (χ4n) is 5.47. The highest BCUT2D eigenvalue weighted by atomic mass is 16.5. The van der Waals surface area contributed by atoms with Crippen molar-refractivity contribution in [2.24, 2.45) is 23.2 Å². The van der Waals surface area contributed by atoms with Gasteiger partial charge < -0.3 is 15.8 Å². The van der Waals surface area contributed by atoms with Crippen LogP contribution in [-0.4, -0.2) is 13.0 Å². The van der Waals surface area contributed by atoms with Gasteiger partial charge in [0.05, 0.1) is 18.2 Å². The van der Waals surface area contributed by atoms with Crippen molar-refractivity contribution in [2.75, 3.05) is 18.2 Å². The van der Waals surface area contributed by atoms with Crippen LogP contribution in [0.25, 0.3) is 0 Å². The minimum atomic E-state index is -0.148. The number of ether oxygens (including phenoxy) is 1. The molecule has 0 heterocycles. The number of nitrogens with one attached hydrogen (secondary N) is 1. The Morgan fingerprint density at radius 2 is 1.77 bits per heavy atom. The van der Waals surface area contributed by atoms with Crippen molar-refractivity contribution in [3.8, 4) is 5.75 Å². The van der Waals surface area contributed by atoms with Crippen molar-refractivity contribution in [3.63, 3.8) is 0 Å². The first kappa shape index (κ1) is 13.9. The number of nitrogens with two attached hydrogens (primary N) is 1. The van der Waals surface area contributed by atoms with E-state index in [2.05, 4.69) is 5.32 Å². The van der Waals surface area contributed by atoms with Crippen molar-refractivity contribution in [3.05, 3.63) is 18.2 Å². The summed E-state index contributed by atoms with van der Waals surface area (Å²) >= 11 is 0. The van der Waals surface area contributed by atoms with Crippen LogP contribution >= 0.6 is 0 Å². The lowest BCUT2D eigenvalue weighted by Crippen LogP contribution is -2.51. The molecule has 22 heavy (non-hydrogen) atoms. The second kappa shape index (κ2) is 4.90. The standard InChI is InChI=1S/C18H24N2O2/c1-22-16-3-2-14(19)7-15(16)20-17(21)18-8-11-4-12(9-18)6-13(5-11)10-18/h2-3,7,11-13H,4-6,8-10,19H2,1H3,(H,20,21). The SMILES string of the molecule is COc1ccc(N)cc1NC(=O)C12CC3CC(CC(C3)C1)C2. The Bertz CT molecular complexity index is 576. The van der Waals surface area contributed by atoms with Gasteiger partial charge in [-0.05, 0) is 74.5 Å². The molecule has 4 aliphatic carbocycles. The molecular formula is C18H24N2O2. The van der Waals surface area contributed by atoms with E-state index in [9.17, 15) is 4.79 Å². The van der Waals surface area contributed by atoms with E-state index in [1.165, 1.54) is 19.3 Å². The predicted molar refractivity (Wildman–Crippen MR) is 86.6 cm³/mol. The van der Waals surface area contributed by atoms with Gasteiger partial charge in [0.1, 0.15) is 5.75 Å². The molecule has 1 amide bonds. The number of hydrogen-bond acceptors (Lipinski definition) is 3. The Labute approximate surface area is 131 Å². The number of nitrogen functional groups attached to an aromatic ring is 1. The summed E-state index contributed by atoms with van der Waals surface area (Å²) in [6.07, 6.45) is 7.22. The lowest BCUT2D eigenvalue weighted by atomic mass is 9.49. The number of carbonyl (C=O) groups excluding carboxylic acids is 1. The minimum absolute atomic E-state index is 0.148. The molecule has 1 aromatic rings. The molecule has 4 aliphatic rings. The van der Waals surface area contributed by atoms with E-state index < -0.39 is 0 Å². The van der Waals surface area contributed by atoms with E-state index >= 15 is 0 Å². The van der Waals surface area contributed by atoms with Crippen LogP contribution in [0, 0.1) is 23.2 Å². The minimum Gasteiger partial charge on any atom is -0.495 e. The third-order valence-corrected chi connectivity index (χ3v) is 5.99. The second-order valence-electron chi connectivity index (χ2n) is 7.61. The third-order valence-electron chi connectivity index (χ3n) is 5.99. The van der Waals surface area contributed by atoms with Crippen molar-refractivity contribution < 1.29 is 9.53 Å².